The van der Waals surface area contributed by atoms with E-state index in [4.69, 9.17) is 4.74 Å². The maximum Gasteiger partial charge on any atom is 0.0622 e. The van der Waals surface area contributed by atoms with Crippen LogP contribution in [0.1, 0.15) is 39.4 Å². The summed E-state index contributed by atoms with van der Waals surface area (Å²) in [5.41, 5.74) is 1.20. The van der Waals surface area contributed by atoms with E-state index in [0.29, 0.717) is 12.0 Å². The maximum atomic E-state index is 5.52. The van der Waals surface area contributed by atoms with Gasteiger partial charge in [-0.25, -0.2) is 0 Å². The molecule has 0 amide bonds. The predicted octanol–water partition coefficient (Wildman–Crippen LogP) is 2.13. The van der Waals surface area contributed by atoms with Gasteiger partial charge in [0.05, 0.1) is 12.3 Å². The van der Waals surface area contributed by atoms with Crippen molar-refractivity contribution >= 4 is 0 Å². The minimum absolute atomic E-state index is 0.287. The van der Waals surface area contributed by atoms with Crippen LogP contribution in [0.25, 0.3) is 0 Å². The van der Waals surface area contributed by atoms with Crippen molar-refractivity contribution in [1.82, 2.24) is 15.1 Å². The Hall–Kier alpha value is -0.870. The molecule has 0 fully saturated rings. The number of hydrogen-bond acceptors (Lipinski definition) is 3. The van der Waals surface area contributed by atoms with Crippen LogP contribution in [0.2, 0.25) is 0 Å². The summed E-state index contributed by atoms with van der Waals surface area (Å²) < 4.78 is 7.43. The molecule has 4 nitrogen and oxygen atoms in total. The molecular weight excluding hydrogens is 214 g/mol. The number of nitrogens with one attached hydrogen (secondary N) is 1. The third kappa shape index (κ3) is 4.13. The fraction of sp³-hybridized carbons (Fsp3) is 0.769. The lowest BCUT2D eigenvalue weighted by atomic mass is 10.0. The zero-order valence-electron chi connectivity index (χ0n) is 11.6. The molecule has 4 heteroatoms. The lowest BCUT2D eigenvalue weighted by molar-refractivity contribution is 0.104. The molecule has 0 spiro atoms. The van der Waals surface area contributed by atoms with Crippen LogP contribution in [0.15, 0.2) is 12.3 Å². The molecule has 0 aliphatic rings. The Morgan fingerprint density at radius 2 is 2.12 bits per heavy atom. The molecule has 1 N–H and O–H groups in total. The van der Waals surface area contributed by atoms with E-state index in [1.807, 2.05) is 24.9 Å². The van der Waals surface area contributed by atoms with E-state index in [2.05, 4.69) is 37.3 Å². The van der Waals surface area contributed by atoms with Crippen LogP contribution in [-0.2, 0) is 11.8 Å². The number of ether oxygens (including phenoxy) is 1. The first-order valence-corrected chi connectivity index (χ1v) is 6.38. The average molecular weight is 239 g/mol. The van der Waals surface area contributed by atoms with Gasteiger partial charge in [-0.05, 0) is 25.8 Å². The highest BCUT2D eigenvalue weighted by Crippen LogP contribution is 2.14. The number of hydrogen-bond donors (Lipinski definition) is 1. The van der Waals surface area contributed by atoms with Gasteiger partial charge in [-0.1, -0.05) is 13.8 Å². The predicted molar refractivity (Wildman–Crippen MR) is 69.9 cm³/mol. The molecule has 2 atom stereocenters. The van der Waals surface area contributed by atoms with Gasteiger partial charge in [0.1, 0.15) is 0 Å². The van der Waals surface area contributed by atoms with Gasteiger partial charge in [-0.15, -0.1) is 0 Å². The number of aromatic nitrogens is 2. The summed E-state index contributed by atoms with van der Waals surface area (Å²) in [4.78, 5) is 0. The Labute approximate surface area is 104 Å². The quantitative estimate of drug-likeness (QED) is 0.792. The number of rotatable bonds is 7. The van der Waals surface area contributed by atoms with E-state index in [1.165, 1.54) is 5.69 Å². The van der Waals surface area contributed by atoms with Gasteiger partial charge in [0, 0.05) is 31.9 Å². The molecule has 1 heterocycles. The summed E-state index contributed by atoms with van der Waals surface area (Å²) in [5.74, 6) is 0.553. The van der Waals surface area contributed by atoms with E-state index >= 15 is 0 Å². The molecule has 2 unspecified atom stereocenters. The molecule has 0 aromatic carbocycles. The highest BCUT2D eigenvalue weighted by molar-refractivity contribution is 5.05. The van der Waals surface area contributed by atoms with Gasteiger partial charge in [0.2, 0.25) is 0 Å². The molecule has 1 aromatic rings. The third-order valence-corrected chi connectivity index (χ3v) is 3.07. The highest BCUT2D eigenvalue weighted by atomic mass is 16.5. The van der Waals surface area contributed by atoms with Crippen molar-refractivity contribution in [3.8, 4) is 0 Å². The first-order chi connectivity index (χ1) is 8.06. The minimum atomic E-state index is 0.287. The van der Waals surface area contributed by atoms with Crippen LogP contribution in [0.5, 0.6) is 0 Å². The van der Waals surface area contributed by atoms with E-state index in [0.717, 1.165) is 13.2 Å². The first kappa shape index (κ1) is 14.2. The van der Waals surface area contributed by atoms with Crippen molar-refractivity contribution in [2.24, 2.45) is 13.0 Å². The second-order valence-corrected chi connectivity index (χ2v) is 4.78. The van der Waals surface area contributed by atoms with Gasteiger partial charge in [-0.3, -0.25) is 4.68 Å². The summed E-state index contributed by atoms with van der Waals surface area (Å²) in [6, 6.07) is 2.71. The number of aryl methyl sites for hydroxylation is 1. The molecular formula is C13H25N3O. The monoisotopic (exact) mass is 239 g/mol. The van der Waals surface area contributed by atoms with Crippen molar-refractivity contribution in [1.29, 1.82) is 0 Å². The standard InChI is InChI=1S/C13H25N3O/c1-6-17-9-12(10(2)3)15-11(4)13-7-8-14-16(13)5/h7-8,10-12,15H,6,9H2,1-5H3. The molecule has 17 heavy (non-hydrogen) atoms. The Balaban J connectivity index is 2.57. The maximum absolute atomic E-state index is 5.52. The zero-order chi connectivity index (χ0) is 12.8. The third-order valence-electron chi connectivity index (χ3n) is 3.07. The van der Waals surface area contributed by atoms with Gasteiger partial charge in [0.25, 0.3) is 0 Å². The second-order valence-electron chi connectivity index (χ2n) is 4.78. The van der Waals surface area contributed by atoms with Gasteiger partial charge >= 0.3 is 0 Å². The normalized spacial score (nSPS) is 15.2. The Morgan fingerprint density at radius 1 is 1.41 bits per heavy atom. The van der Waals surface area contributed by atoms with Crippen molar-refractivity contribution in [2.75, 3.05) is 13.2 Å². The molecule has 98 valence electrons. The first-order valence-electron chi connectivity index (χ1n) is 6.38. The molecule has 0 aliphatic heterocycles. The van der Waals surface area contributed by atoms with Gasteiger partial charge < -0.3 is 10.1 Å². The number of nitrogens with zero attached hydrogens (tertiary/aromatic N) is 2. The molecule has 0 bridgehead atoms. The minimum Gasteiger partial charge on any atom is -0.380 e. The van der Waals surface area contributed by atoms with Crippen LogP contribution in [0.3, 0.4) is 0 Å². The summed E-state index contributed by atoms with van der Waals surface area (Å²) in [6.07, 6.45) is 1.83. The Kier molecular flexibility index (Phi) is 5.65. The molecule has 1 aromatic heterocycles. The smallest absolute Gasteiger partial charge is 0.0622 e. The molecule has 0 radical (unpaired) electrons. The van der Waals surface area contributed by atoms with Crippen LogP contribution >= 0.6 is 0 Å². The second kappa shape index (κ2) is 6.77. The SMILES string of the molecule is CCOCC(NC(C)c1ccnn1C)C(C)C. The van der Waals surface area contributed by atoms with Gasteiger partial charge in [-0.2, -0.15) is 5.10 Å². The molecule has 0 saturated heterocycles. The average Bonchev–Trinajstić information content (AvgIpc) is 2.70. The fourth-order valence-electron chi connectivity index (χ4n) is 1.89. The lowest BCUT2D eigenvalue weighted by Crippen LogP contribution is -2.40. The molecule has 0 saturated carbocycles. The van der Waals surface area contributed by atoms with E-state index in [9.17, 15) is 0 Å². The summed E-state index contributed by atoms with van der Waals surface area (Å²) >= 11 is 0. The van der Waals surface area contributed by atoms with Crippen LogP contribution in [-0.4, -0.2) is 29.0 Å². The fourth-order valence-corrected chi connectivity index (χ4v) is 1.89. The highest BCUT2D eigenvalue weighted by Gasteiger charge is 2.18. The van der Waals surface area contributed by atoms with Crippen molar-refractivity contribution in [3.63, 3.8) is 0 Å². The van der Waals surface area contributed by atoms with Crippen molar-refractivity contribution in [3.05, 3.63) is 18.0 Å². The van der Waals surface area contributed by atoms with E-state index < -0.39 is 0 Å². The van der Waals surface area contributed by atoms with E-state index in [-0.39, 0.29) is 6.04 Å². The summed E-state index contributed by atoms with van der Waals surface area (Å²) in [7, 11) is 1.97. The largest absolute Gasteiger partial charge is 0.380 e. The van der Waals surface area contributed by atoms with Crippen molar-refractivity contribution in [2.45, 2.75) is 39.8 Å². The van der Waals surface area contributed by atoms with Crippen LogP contribution in [0, 0.1) is 5.92 Å². The summed E-state index contributed by atoms with van der Waals surface area (Å²) in [5, 5.41) is 7.81. The van der Waals surface area contributed by atoms with Crippen LogP contribution in [0.4, 0.5) is 0 Å². The molecule has 1 rings (SSSR count). The Bertz CT molecular complexity index is 322. The summed E-state index contributed by atoms with van der Waals surface area (Å²) in [6.45, 7) is 10.2. The topological polar surface area (TPSA) is 39.1 Å². The van der Waals surface area contributed by atoms with Crippen molar-refractivity contribution < 1.29 is 4.74 Å². The molecule has 0 aliphatic carbocycles. The lowest BCUT2D eigenvalue weighted by Gasteiger charge is -2.26. The van der Waals surface area contributed by atoms with E-state index in [1.54, 1.807) is 0 Å². The van der Waals surface area contributed by atoms with Gasteiger partial charge in [0.15, 0.2) is 0 Å². The Morgan fingerprint density at radius 3 is 2.59 bits per heavy atom. The zero-order valence-corrected chi connectivity index (χ0v) is 11.6. The van der Waals surface area contributed by atoms with Crippen LogP contribution < -0.4 is 5.32 Å².